The quantitative estimate of drug-likeness (QED) is 0.789. The highest BCUT2D eigenvalue weighted by atomic mass is 16.6. The second kappa shape index (κ2) is 3.77. The highest BCUT2D eigenvalue weighted by Crippen LogP contribution is 2.66. The SMILES string of the molecule is CC1C2OC2CCC1C1(C)C2OC2CCC1(C)C(=O)O. The number of rotatable bonds is 2. The van der Waals surface area contributed by atoms with Gasteiger partial charge in [0.05, 0.1) is 29.8 Å². The first-order valence-corrected chi connectivity index (χ1v) is 7.94. The molecule has 0 aromatic carbocycles. The lowest BCUT2D eigenvalue weighted by atomic mass is 9.49. The Labute approximate surface area is 119 Å². The van der Waals surface area contributed by atoms with Crippen LogP contribution in [0.15, 0.2) is 0 Å². The molecule has 4 rings (SSSR count). The van der Waals surface area contributed by atoms with Gasteiger partial charge in [0.2, 0.25) is 0 Å². The van der Waals surface area contributed by atoms with E-state index < -0.39 is 11.4 Å². The zero-order chi connectivity index (χ0) is 14.3. The van der Waals surface area contributed by atoms with Crippen molar-refractivity contribution in [2.75, 3.05) is 0 Å². The number of hydrogen-bond acceptors (Lipinski definition) is 3. The largest absolute Gasteiger partial charge is 0.481 e. The molecule has 8 atom stereocenters. The predicted molar refractivity (Wildman–Crippen MR) is 72.3 cm³/mol. The van der Waals surface area contributed by atoms with Crippen LogP contribution in [-0.4, -0.2) is 35.5 Å². The van der Waals surface area contributed by atoms with E-state index in [0.717, 1.165) is 25.7 Å². The Bertz CT molecular complexity index is 463. The minimum absolute atomic E-state index is 0.139. The average Bonchev–Trinajstić information content (AvgIpc) is 3.25. The van der Waals surface area contributed by atoms with Crippen molar-refractivity contribution >= 4 is 5.97 Å². The maximum absolute atomic E-state index is 12.0. The first kappa shape index (κ1) is 13.1. The molecule has 0 radical (unpaired) electrons. The first-order chi connectivity index (χ1) is 9.39. The van der Waals surface area contributed by atoms with Crippen molar-refractivity contribution in [3.8, 4) is 0 Å². The summed E-state index contributed by atoms with van der Waals surface area (Å²) in [6.45, 7) is 6.36. The third kappa shape index (κ3) is 1.42. The summed E-state index contributed by atoms with van der Waals surface area (Å²) in [4.78, 5) is 12.0. The van der Waals surface area contributed by atoms with Crippen LogP contribution in [0.4, 0.5) is 0 Å². The van der Waals surface area contributed by atoms with Crippen LogP contribution in [0.2, 0.25) is 0 Å². The molecule has 0 bridgehead atoms. The topological polar surface area (TPSA) is 62.4 Å². The molecule has 112 valence electrons. The Balaban J connectivity index is 1.73. The molecule has 2 aliphatic heterocycles. The second-order valence-corrected chi connectivity index (χ2v) is 7.74. The summed E-state index contributed by atoms with van der Waals surface area (Å²) in [5.74, 6) is 0.183. The lowest BCUT2D eigenvalue weighted by Crippen LogP contribution is -2.57. The molecule has 8 unspecified atom stereocenters. The summed E-state index contributed by atoms with van der Waals surface area (Å²) in [6.07, 6.45) is 5.04. The fourth-order valence-corrected chi connectivity index (χ4v) is 5.39. The van der Waals surface area contributed by atoms with Crippen molar-refractivity contribution in [2.45, 2.75) is 70.9 Å². The normalized spacial score (nSPS) is 60.4. The summed E-state index contributed by atoms with van der Waals surface area (Å²) in [7, 11) is 0. The molecule has 2 aliphatic carbocycles. The van der Waals surface area contributed by atoms with Crippen molar-refractivity contribution in [1.82, 2.24) is 0 Å². The maximum Gasteiger partial charge on any atom is 0.310 e. The van der Waals surface area contributed by atoms with Crippen LogP contribution in [0.1, 0.15) is 46.5 Å². The summed E-state index contributed by atoms with van der Waals surface area (Å²) in [5, 5.41) is 9.88. The van der Waals surface area contributed by atoms with Gasteiger partial charge in [0.1, 0.15) is 0 Å². The lowest BCUT2D eigenvalue weighted by Gasteiger charge is -2.52. The van der Waals surface area contributed by atoms with E-state index in [1.807, 2.05) is 6.92 Å². The average molecular weight is 280 g/mol. The molecule has 4 aliphatic rings. The van der Waals surface area contributed by atoms with Gasteiger partial charge in [-0.05, 0) is 44.4 Å². The summed E-state index contributed by atoms with van der Waals surface area (Å²) < 4.78 is 11.6. The Morgan fingerprint density at radius 2 is 1.90 bits per heavy atom. The van der Waals surface area contributed by atoms with Crippen LogP contribution in [0, 0.1) is 22.7 Å². The van der Waals surface area contributed by atoms with Gasteiger partial charge in [-0.25, -0.2) is 0 Å². The van der Waals surface area contributed by atoms with Gasteiger partial charge in [-0.15, -0.1) is 0 Å². The Hall–Kier alpha value is -0.610. The number of carbonyl (C=O) groups is 1. The van der Waals surface area contributed by atoms with E-state index >= 15 is 0 Å². The van der Waals surface area contributed by atoms with Crippen molar-refractivity contribution in [3.05, 3.63) is 0 Å². The minimum atomic E-state index is -0.675. The molecule has 0 aromatic heterocycles. The Morgan fingerprint density at radius 1 is 1.15 bits per heavy atom. The van der Waals surface area contributed by atoms with E-state index in [1.54, 1.807) is 0 Å². The Kier molecular flexibility index (Phi) is 2.47. The van der Waals surface area contributed by atoms with Crippen LogP contribution < -0.4 is 0 Å². The molecular formula is C16H24O4. The number of carboxylic acid groups (broad SMARTS) is 1. The number of ether oxygens (including phenoxy) is 2. The van der Waals surface area contributed by atoms with Gasteiger partial charge in [-0.3, -0.25) is 4.79 Å². The molecule has 4 fully saturated rings. The van der Waals surface area contributed by atoms with Crippen molar-refractivity contribution < 1.29 is 19.4 Å². The molecule has 20 heavy (non-hydrogen) atoms. The highest BCUT2D eigenvalue weighted by Gasteiger charge is 2.71. The molecule has 0 spiro atoms. The predicted octanol–water partition coefficient (Wildman–Crippen LogP) is 2.46. The fourth-order valence-electron chi connectivity index (χ4n) is 5.39. The van der Waals surface area contributed by atoms with Gasteiger partial charge >= 0.3 is 5.97 Å². The van der Waals surface area contributed by atoms with Gasteiger partial charge in [0.25, 0.3) is 0 Å². The second-order valence-electron chi connectivity index (χ2n) is 7.74. The third-order valence-corrected chi connectivity index (χ3v) is 7.07. The van der Waals surface area contributed by atoms with E-state index in [4.69, 9.17) is 9.47 Å². The molecule has 2 saturated carbocycles. The smallest absolute Gasteiger partial charge is 0.310 e. The molecule has 2 heterocycles. The van der Waals surface area contributed by atoms with Crippen LogP contribution in [0.25, 0.3) is 0 Å². The molecule has 1 N–H and O–H groups in total. The van der Waals surface area contributed by atoms with E-state index in [2.05, 4.69) is 13.8 Å². The van der Waals surface area contributed by atoms with Gasteiger partial charge in [-0.1, -0.05) is 13.8 Å². The third-order valence-electron chi connectivity index (χ3n) is 7.07. The number of epoxide rings is 2. The number of carboxylic acids is 1. The van der Waals surface area contributed by atoms with Gasteiger partial charge in [-0.2, -0.15) is 0 Å². The van der Waals surface area contributed by atoms with E-state index in [0.29, 0.717) is 30.1 Å². The standard InChI is InChI=1S/C16H24O4/c1-8-9(4-5-10-12(8)19-10)16(3)13-11(20-13)6-7-15(16,2)14(17)18/h8-13H,4-7H2,1-3H3,(H,17,18). The molecule has 4 heteroatoms. The lowest BCUT2D eigenvalue weighted by molar-refractivity contribution is -0.166. The van der Waals surface area contributed by atoms with Crippen molar-refractivity contribution in [2.24, 2.45) is 22.7 Å². The minimum Gasteiger partial charge on any atom is -0.481 e. The number of fused-ring (bicyclic) bond motifs is 2. The zero-order valence-electron chi connectivity index (χ0n) is 12.5. The fraction of sp³-hybridized carbons (Fsp3) is 0.938. The molecule has 4 nitrogen and oxygen atoms in total. The van der Waals surface area contributed by atoms with Crippen LogP contribution in [0.3, 0.4) is 0 Å². The molecule has 0 amide bonds. The maximum atomic E-state index is 12.0. The highest BCUT2D eigenvalue weighted by molar-refractivity contribution is 5.76. The summed E-state index contributed by atoms with van der Waals surface area (Å²) in [5.41, 5.74) is -0.941. The monoisotopic (exact) mass is 280 g/mol. The first-order valence-electron chi connectivity index (χ1n) is 7.94. The van der Waals surface area contributed by atoms with Crippen molar-refractivity contribution in [3.63, 3.8) is 0 Å². The number of hydrogen-bond donors (Lipinski definition) is 1. The van der Waals surface area contributed by atoms with Gasteiger partial charge in [0, 0.05) is 5.41 Å². The van der Waals surface area contributed by atoms with Crippen molar-refractivity contribution in [1.29, 1.82) is 0 Å². The van der Waals surface area contributed by atoms with E-state index in [-0.39, 0.29) is 11.5 Å². The van der Waals surface area contributed by atoms with Crippen LogP contribution >= 0.6 is 0 Å². The van der Waals surface area contributed by atoms with E-state index in [1.165, 1.54) is 0 Å². The van der Waals surface area contributed by atoms with Gasteiger partial charge < -0.3 is 14.6 Å². The summed E-state index contributed by atoms with van der Waals surface area (Å²) in [6, 6.07) is 0. The number of aliphatic carboxylic acids is 1. The molecular weight excluding hydrogens is 256 g/mol. The van der Waals surface area contributed by atoms with Gasteiger partial charge in [0.15, 0.2) is 0 Å². The molecule has 2 saturated heterocycles. The van der Waals surface area contributed by atoms with E-state index in [9.17, 15) is 9.90 Å². The molecule has 0 aromatic rings. The Morgan fingerprint density at radius 3 is 2.60 bits per heavy atom. The van der Waals surface area contributed by atoms with Crippen LogP contribution in [-0.2, 0) is 14.3 Å². The summed E-state index contributed by atoms with van der Waals surface area (Å²) >= 11 is 0. The zero-order valence-corrected chi connectivity index (χ0v) is 12.5. The van der Waals surface area contributed by atoms with Crippen LogP contribution in [0.5, 0.6) is 0 Å².